The Hall–Kier alpha value is -2.95. The highest BCUT2D eigenvalue weighted by atomic mass is 28.3. The minimum Gasteiger partial charge on any atom is -0.367 e. The Labute approximate surface area is 211 Å². The van der Waals surface area contributed by atoms with Crippen molar-refractivity contribution >= 4 is 19.1 Å². The van der Waals surface area contributed by atoms with Gasteiger partial charge in [-0.2, -0.15) is 10.2 Å². The van der Waals surface area contributed by atoms with Crippen molar-refractivity contribution in [3.05, 3.63) is 47.8 Å². The van der Waals surface area contributed by atoms with E-state index in [4.69, 9.17) is 24.5 Å². The molecule has 0 saturated heterocycles. The molecule has 1 aromatic carbocycles. The first-order valence-electron chi connectivity index (χ1n) is 12.3. The fourth-order valence-corrected chi connectivity index (χ4v) is 5.14. The first-order chi connectivity index (χ1) is 17.0. The molecule has 0 saturated carbocycles. The van der Waals surface area contributed by atoms with Gasteiger partial charge in [0.2, 0.25) is 0 Å². The Kier molecular flexibility index (Phi) is 6.30. The molecular weight excluding hydrogens is 475 g/mol. The first kappa shape index (κ1) is 24.7. The molecule has 0 atom stereocenters. The zero-order valence-corrected chi connectivity index (χ0v) is 22.8. The summed E-state index contributed by atoms with van der Waals surface area (Å²) in [5.41, 5.74) is 4.48. The van der Waals surface area contributed by atoms with Crippen molar-refractivity contribution in [1.29, 1.82) is 0 Å². The molecule has 0 spiro atoms. The largest absolute Gasteiger partial charge is 0.367 e. The van der Waals surface area contributed by atoms with Gasteiger partial charge in [0, 0.05) is 20.2 Å². The predicted molar refractivity (Wildman–Crippen MR) is 140 cm³/mol. The molecule has 10 heteroatoms. The van der Waals surface area contributed by atoms with E-state index >= 15 is 0 Å². The standard InChI is InChI=1S/C26H33FN6O2Si/c1-17-29-24(20-13-28-33(25(20)30-17)16-34-11-12-36(4,5)6)22-21-14-35-26(2,3)15-32(21)31-23(22)18-7-9-19(27)10-8-18/h7-10,13H,11-12,14-16H2,1-6H3. The summed E-state index contributed by atoms with van der Waals surface area (Å²) in [6, 6.07) is 7.49. The maximum Gasteiger partial charge on any atom is 0.164 e. The molecule has 190 valence electrons. The quantitative estimate of drug-likeness (QED) is 0.245. The summed E-state index contributed by atoms with van der Waals surface area (Å²) in [7, 11) is -1.18. The lowest BCUT2D eigenvalue weighted by Gasteiger charge is -2.31. The summed E-state index contributed by atoms with van der Waals surface area (Å²) in [5.74, 6) is 0.341. The fraction of sp³-hybridized carbons (Fsp3) is 0.462. The Balaban J connectivity index is 1.61. The van der Waals surface area contributed by atoms with E-state index in [1.807, 2.05) is 25.5 Å². The van der Waals surface area contributed by atoms with Crippen molar-refractivity contribution in [3.8, 4) is 22.5 Å². The van der Waals surface area contributed by atoms with Crippen molar-refractivity contribution in [2.24, 2.45) is 0 Å². The Morgan fingerprint density at radius 1 is 1.11 bits per heavy atom. The lowest BCUT2D eigenvalue weighted by atomic mass is 10.00. The van der Waals surface area contributed by atoms with E-state index in [0.29, 0.717) is 38.0 Å². The van der Waals surface area contributed by atoms with Gasteiger partial charge in [-0.05, 0) is 51.1 Å². The molecule has 0 unspecified atom stereocenters. The number of aromatic nitrogens is 6. The molecule has 8 nitrogen and oxygen atoms in total. The number of fused-ring (bicyclic) bond motifs is 2. The summed E-state index contributed by atoms with van der Waals surface area (Å²) in [6.07, 6.45) is 1.79. The maximum absolute atomic E-state index is 13.7. The van der Waals surface area contributed by atoms with E-state index in [2.05, 4.69) is 24.7 Å². The zero-order chi connectivity index (χ0) is 25.7. The average molecular weight is 509 g/mol. The predicted octanol–water partition coefficient (Wildman–Crippen LogP) is 5.43. The minimum absolute atomic E-state index is 0.288. The molecule has 1 aliphatic heterocycles. The van der Waals surface area contributed by atoms with Crippen LogP contribution in [0, 0.1) is 12.7 Å². The molecule has 3 aromatic heterocycles. The second-order valence-electron chi connectivity index (χ2n) is 11.2. The second-order valence-corrected chi connectivity index (χ2v) is 16.9. The van der Waals surface area contributed by atoms with Crippen LogP contribution in [-0.2, 0) is 29.4 Å². The zero-order valence-electron chi connectivity index (χ0n) is 21.8. The highest BCUT2D eigenvalue weighted by Crippen LogP contribution is 2.40. The third kappa shape index (κ3) is 4.98. The van der Waals surface area contributed by atoms with Gasteiger partial charge in [-0.1, -0.05) is 19.6 Å². The van der Waals surface area contributed by atoms with Gasteiger partial charge in [0.05, 0.1) is 47.3 Å². The van der Waals surface area contributed by atoms with Gasteiger partial charge in [-0.25, -0.2) is 19.0 Å². The molecule has 36 heavy (non-hydrogen) atoms. The summed E-state index contributed by atoms with van der Waals surface area (Å²) in [5, 5.41) is 10.4. The van der Waals surface area contributed by atoms with Gasteiger partial charge < -0.3 is 9.47 Å². The first-order valence-corrected chi connectivity index (χ1v) is 16.0. The van der Waals surface area contributed by atoms with Crippen LogP contribution in [0.25, 0.3) is 33.5 Å². The monoisotopic (exact) mass is 508 g/mol. The smallest absolute Gasteiger partial charge is 0.164 e. The minimum atomic E-state index is -1.18. The average Bonchev–Trinajstić information content (AvgIpc) is 3.36. The normalized spacial score (nSPS) is 15.4. The number of benzene rings is 1. The van der Waals surface area contributed by atoms with E-state index in [-0.39, 0.29) is 11.4 Å². The maximum atomic E-state index is 13.7. The van der Waals surface area contributed by atoms with Crippen molar-refractivity contribution in [3.63, 3.8) is 0 Å². The van der Waals surface area contributed by atoms with Gasteiger partial charge in [0.1, 0.15) is 24.1 Å². The highest BCUT2D eigenvalue weighted by molar-refractivity contribution is 6.76. The molecular formula is C26H33FN6O2Si. The van der Waals surface area contributed by atoms with Crippen LogP contribution in [0.15, 0.2) is 30.5 Å². The number of rotatable bonds is 7. The van der Waals surface area contributed by atoms with Crippen LogP contribution in [0.3, 0.4) is 0 Å². The van der Waals surface area contributed by atoms with E-state index < -0.39 is 8.07 Å². The molecule has 0 fully saturated rings. The SMILES string of the molecule is Cc1nc(-c2c(-c3ccc(F)cc3)nn3c2COC(C)(C)C3)c2cnn(COCC[Si](C)(C)C)c2n1. The van der Waals surface area contributed by atoms with Gasteiger partial charge >= 0.3 is 0 Å². The Bertz CT molecular complexity index is 1400. The third-order valence-electron chi connectivity index (χ3n) is 6.36. The van der Waals surface area contributed by atoms with E-state index in [9.17, 15) is 4.39 Å². The fourth-order valence-electron chi connectivity index (χ4n) is 4.38. The van der Waals surface area contributed by atoms with Crippen molar-refractivity contribution in [2.75, 3.05) is 6.61 Å². The van der Waals surface area contributed by atoms with Crippen molar-refractivity contribution in [2.45, 2.75) is 71.9 Å². The molecule has 4 aromatic rings. The molecule has 0 aliphatic carbocycles. The molecule has 0 N–H and O–H groups in total. The van der Waals surface area contributed by atoms with Crippen molar-refractivity contribution in [1.82, 2.24) is 29.5 Å². The molecule has 1 aliphatic rings. The van der Waals surface area contributed by atoms with Crippen LogP contribution in [0.1, 0.15) is 25.4 Å². The third-order valence-corrected chi connectivity index (χ3v) is 8.06. The van der Waals surface area contributed by atoms with E-state index in [1.54, 1.807) is 23.0 Å². The second kappa shape index (κ2) is 9.17. The van der Waals surface area contributed by atoms with Crippen LogP contribution in [0.2, 0.25) is 25.7 Å². The van der Waals surface area contributed by atoms with Crippen LogP contribution in [-0.4, -0.2) is 49.8 Å². The van der Waals surface area contributed by atoms with Crippen LogP contribution >= 0.6 is 0 Å². The van der Waals surface area contributed by atoms with E-state index in [1.165, 1.54) is 12.1 Å². The Morgan fingerprint density at radius 2 is 1.86 bits per heavy atom. The number of hydrogen-bond donors (Lipinski definition) is 0. The topological polar surface area (TPSA) is 79.9 Å². The number of aryl methyl sites for hydroxylation is 1. The number of nitrogens with zero attached hydrogens (tertiary/aromatic N) is 6. The van der Waals surface area contributed by atoms with Crippen LogP contribution < -0.4 is 0 Å². The van der Waals surface area contributed by atoms with Crippen LogP contribution in [0.5, 0.6) is 0 Å². The molecule has 0 amide bonds. The van der Waals surface area contributed by atoms with Gasteiger partial charge in [-0.15, -0.1) is 0 Å². The number of hydrogen-bond acceptors (Lipinski definition) is 6. The highest BCUT2D eigenvalue weighted by Gasteiger charge is 2.33. The van der Waals surface area contributed by atoms with E-state index in [0.717, 1.165) is 39.6 Å². The number of ether oxygens (including phenoxy) is 2. The number of halogens is 1. The van der Waals surface area contributed by atoms with Gasteiger partial charge in [0.15, 0.2) is 5.65 Å². The lowest BCUT2D eigenvalue weighted by Crippen LogP contribution is -2.36. The molecule has 4 heterocycles. The summed E-state index contributed by atoms with van der Waals surface area (Å²) < 4.78 is 29.6. The summed E-state index contributed by atoms with van der Waals surface area (Å²) in [4.78, 5) is 9.54. The summed E-state index contributed by atoms with van der Waals surface area (Å²) >= 11 is 0. The van der Waals surface area contributed by atoms with Crippen molar-refractivity contribution < 1.29 is 13.9 Å². The molecule has 0 radical (unpaired) electrons. The lowest BCUT2D eigenvalue weighted by molar-refractivity contribution is -0.0657. The van der Waals surface area contributed by atoms with Gasteiger partial charge in [0.25, 0.3) is 0 Å². The van der Waals surface area contributed by atoms with Crippen LogP contribution in [0.4, 0.5) is 4.39 Å². The molecule has 5 rings (SSSR count). The molecule has 0 bridgehead atoms. The summed E-state index contributed by atoms with van der Waals surface area (Å²) in [6.45, 7) is 15.0. The van der Waals surface area contributed by atoms with Gasteiger partial charge in [-0.3, -0.25) is 4.68 Å². The Morgan fingerprint density at radius 3 is 2.58 bits per heavy atom.